The normalized spacial score (nSPS) is 12.5. The lowest BCUT2D eigenvalue weighted by Crippen LogP contribution is -2.34. The molecule has 2 rings (SSSR count). The average molecular weight is 432 g/mol. The van der Waals surface area contributed by atoms with Gasteiger partial charge in [-0.15, -0.1) is 0 Å². The lowest BCUT2D eigenvalue weighted by molar-refractivity contribution is 0.225. The summed E-state index contributed by atoms with van der Waals surface area (Å²) in [5.74, 6) is 0.543. The Balaban J connectivity index is 2.85. The fourth-order valence-electron chi connectivity index (χ4n) is 2.51. The van der Waals surface area contributed by atoms with Crippen LogP contribution in [0.5, 0.6) is 5.75 Å². The van der Waals surface area contributed by atoms with E-state index in [2.05, 4.69) is 9.97 Å². The molecule has 0 N–H and O–H groups in total. The number of methoxy groups -OCH3 is 1. The minimum absolute atomic E-state index is 0.0993. The third-order valence-corrected chi connectivity index (χ3v) is 7.78. The van der Waals surface area contributed by atoms with Crippen molar-refractivity contribution in [2.75, 3.05) is 33.5 Å². The molecule has 1 aromatic heterocycles. The molecule has 156 valence electrons. The van der Waals surface area contributed by atoms with Gasteiger partial charge in [-0.1, -0.05) is 0 Å². The van der Waals surface area contributed by atoms with Crippen LogP contribution >= 0.6 is 15.2 Å². The SMILES string of the molecule is CCOP(=O)(OCC)c1nc2ccc(OC)cc2nc1P(=O)(OCC)OCC. The highest BCUT2D eigenvalue weighted by Gasteiger charge is 2.42. The molecule has 0 unspecified atom stereocenters. The second kappa shape index (κ2) is 9.92. The second-order valence-corrected chi connectivity index (χ2v) is 9.26. The molecule has 1 aromatic carbocycles. The van der Waals surface area contributed by atoms with Gasteiger partial charge in [0.1, 0.15) is 5.75 Å². The van der Waals surface area contributed by atoms with E-state index in [0.29, 0.717) is 16.8 Å². The van der Waals surface area contributed by atoms with E-state index in [1.54, 1.807) is 45.9 Å². The molecule has 0 aliphatic heterocycles. The highest BCUT2D eigenvalue weighted by Crippen LogP contribution is 2.52. The fourth-order valence-corrected chi connectivity index (χ4v) is 6.29. The standard InChI is InChI=1S/C17H26N2O7P2/c1-6-23-27(20,24-7-2)16-17(28(21,25-8-3)26-9-4)19-15-12-13(22-5)10-11-14(15)18-16/h10-12H,6-9H2,1-5H3. The van der Waals surface area contributed by atoms with Gasteiger partial charge in [-0.05, 0) is 39.8 Å². The Morgan fingerprint density at radius 3 is 1.57 bits per heavy atom. The summed E-state index contributed by atoms with van der Waals surface area (Å²) in [7, 11) is -6.32. The molecule has 0 bridgehead atoms. The molecule has 11 heteroatoms. The van der Waals surface area contributed by atoms with Crippen molar-refractivity contribution in [3.63, 3.8) is 0 Å². The van der Waals surface area contributed by atoms with Crippen molar-refractivity contribution in [1.82, 2.24) is 9.97 Å². The van der Waals surface area contributed by atoms with E-state index in [0.717, 1.165) is 0 Å². The predicted octanol–water partition coefficient (Wildman–Crippen LogP) is 3.42. The molecule has 0 spiro atoms. The summed E-state index contributed by atoms with van der Waals surface area (Å²) in [6, 6.07) is 4.98. The van der Waals surface area contributed by atoms with Crippen LogP contribution in [-0.2, 0) is 27.2 Å². The van der Waals surface area contributed by atoms with E-state index >= 15 is 0 Å². The summed E-state index contributed by atoms with van der Waals surface area (Å²) in [6.45, 7) is 7.11. The smallest absolute Gasteiger partial charge is 0.382 e. The summed E-state index contributed by atoms with van der Waals surface area (Å²) >= 11 is 0. The molecule has 2 aromatic rings. The van der Waals surface area contributed by atoms with E-state index in [4.69, 9.17) is 22.8 Å². The van der Waals surface area contributed by atoms with Crippen molar-refractivity contribution in [3.05, 3.63) is 18.2 Å². The van der Waals surface area contributed by atoms with Gasteiger partial charge in [-0.25, -0.2) is 9.97 Å². The molecule has 0 saturated carbocycles. The molecule has 0 fully saturated rings. The third-order valence-electron chi connectivity index (χ3n) is 3.55. The van der Waals surface area contributed by atoms with Crippen LogP contribution in [0.15, 0.2) is 18.2 Å². The van der Waals surface area contributed by atoms with Crippen LogP contribution in [0, 0.1) is 0 Å². The lowest BCUT2D eigenvalue weighted by atomic mass is 10.3. The maximum absolute atomic E-state index is 13.5. The zero-order valence-electron chi connectivity index (χ0n) is 16.7. The topological polar surface area (TPSA) is 106 Å². The van der Waals surface area contributed by atoms with Crippen LogP contribution in [0.25, 0.3) is 11.0 Å². The van der Waals surface area contributed by atoms with Crippen molar-refractivity contribution in [2.24, 2.45) is 0 Å². The fraction of sp³-hybridized carbons (Fsp3) is 0.529. The van der Waals surface area contributed by atoms with E-state index in [1.165, 1.54) is 7.11 Å². The average Bonchev–Trinajstić information content (AvgIpc) is 2.67. The number of fused-ring (bicyclic) bond motifs is 1. The van der Waals surface area contributed by atoms with Crippen LogP contribution < -0.4 is 15.6 Å². The van der Waals surface area contributed by atoms with Gasteiger partial charge >= 0.3 is 15.2 Å². The van der Waals surface area contributed by atoms with E-state index < -0.39 is 15.2 Å². The second-order valence-electron chi connectivity index (χ2n) is 5.39. The maximum atomic E-state index is 13.5. The minimum Gasteiger partial charge on any atom is -0.497 e. The lowest BCUT2D eigenvalue weighted by Gasteiger charge is -2.23. The monoisotopic (exact) mass is 432 g/mol. The van der Waals surface area contributed by atoms with Crippen LogP contribution in [0.1, 0.15) is 27.7 Å². The van der Waals surface area contributed by atoms with Crippen molar-refractivity contribution in [1.29, 1.82) is 0 Å². The molecule has 1 heterocycles. The van der Waals surface area contributed by atoms with Gasteiger partial charge in [-0.2, -0.15) is 0 Å². The number of hydrogen-bond donors (Lipinski definition) is 0. The van der Waals surface area contributed by atoms with Crippen LogP contribution in [0.2, 0.25) is 0 Å². The number of hydrogen-bond acceptors (Lipinski definition) is 9. The zero-order valence-corrected chi connectivity index (χ0v) is 18.5. The highest BCUT2D eigenvalue weighted by molar-refractivity contribution is 7.68. The Morgan fingerprint density at radius 2 is 1.18 bits per heavy atom. The first-order valence-corrected chi connectivity index (χ1v) is 12.1. The van der Waals surface area contributed by atoms with Crippen molar-refractivity contribution in [3.8, 4) is 5.75 Å². The summed E-state index contributed by atoms with van der Waals surface area (Å²) in [5.41, 5.74) is 0.456. The molecule has 9 nitrogen and oxygen atoms in total. The Labute approximate surface area is 164 Å². The maximum Gasteiger partial charge on any atom is 0.382 e. The molecule has 0 aliphatic carbocycles. The van der Waals surface area contributed by atoms with Crippen molar-refractivity contribution >= 4 is 37.1 Å². The van der Waals surface area contributed by atoms with Gasteiger partial charge in [0, 0.05) is 6.07 Å². The first kappa shape index (κ1) is 22.9. The molecular weight excluding hydrogens is 406 g/mol. The molecule has 0 aliphatic rings. The van der Waals surface area contributed by atoms with E-state index in [-0.39, 0.29) is 37.3 Å². The van der Waals surface area contributed by atoms with Crippen LogP contribution in [-0.4, -0.2) is 43.5 Å². The molecule has 0 radical (unpaired) electrons. The molecule has 28 heavy (non-hydrogen) atoms. The van der Waals surface area contributed by atoms with E-state index in [1.807, 2.05) is 0 Å². The zero-order chi connectivity index (χ0) is 20.8. The number of aromatic nitrogens is 2. The minimum atomic E-state index is -3.93. The Morgan fingerprint density at radius 1 is 0.750 bits per heavy atom. The molecule has 0 saturated heterocycles. The first-order chi connectivity index (χ1) is 13.4. The largest absolute Gasteiger partial charge is 0.497 e. The summed E-state index contributed by atoms with van der Waals surface area (Å²) in [5, 5.41) is 0. The Bertz CT molecular complexity index is 886. The van der Waals surface area contributed by atoms with E-state index in [9.17, 15) is 9.13 Å². The summed E-state index contributed by atoms with van der Waals surface area (Å²) in [4.78, 5) is 8.86. The van der Waals surface area contributed by atoms with Crippen LogP contribution in [0.4, 0.5) is 0 Å². The van der Waals surface area contributed by atoms with Gasteiger partial charge in [0.2, 0.25) is 0 Å². The van der Waals surface area contributed by atoms with Crippen molar-refractivity contribution in [2.45, 2.75) is 27.7 Å². The number of benzene rings is 1. The van der Waals surface area contributed by atoms with Gasteiger partial charge in [0.15, 0.2) is 10.9 Å². The summed E-state index contributed by atoms with van der Waals surface area (Å²) < 4.78 is 53.8. The highest BCUT2D eigenvalue weighted by atomic mass is 31.2. The van der Waals surface area contributed by atoms with Gasteiger partial charge in [0.25, 0.3) is 0 Å². The van der Waals surface area contributed by atoms with Crippen molar-refractivity contribution < 1.29 is 32.0 Å². The molecular formula is C17H26N2O7P2. The number of nitrogens with zero attached hydrogens (tertiary/aromatic N) is 2. The van der Waals surface area contributed by atoms with Gasteiger partial charge in [0.05, 0.1) is 44.6 Å². The number of ether oxygens (including phenoxy) is 1. The van der Waals surface area contributed by atoms with Crippen LogP contribution in [0.3, 0.4) is 0 Å². The third kappa shape index (κ3) is 4.79. The van der Waals surface area contributed by atoms with Gasteiger partial charge in [-0.3, -0.25) is 9.13 Å². The molecule has 0 amide bonds. The molecule has 0 atom stereocenters. The first-order valence-electron chi connectivity index (χ1n) is 9.02. The van der Waals surface area contributed by atoms with Gasteiger partial charge < -0.3 is 22.8 Å². The predicted molar refractivity (Wildman–Crippen MR) is 107 cm³/mol. The Kier molecular flexibility index (Phi) is 8.13. The Hall–Kier alpha value is -1.34. The summed E-state index contributed by atoms with van der Waals surface area (Å²) in [6.07, 6.45) is 0. The quantitative estimate of drug-likeness (QED) is 0.494. The number of rotatable bonds is 11.